The lowest BCUT2D eigenvalue weighted by Gasteiger charge is -2.09. The highest BCUT2D eigenvalue weighted by Gasteiger charge is 2.35. The Balaban J connectivity index is 2.58. The SMILES string of the molecule is FC(F)(F)c1ncccc1-c1ccsc1. The van der Waals surface area contributed by atoms with Crippen LogP contribution in [-0.2, 0) is 6.18 Å². The van der Waals surface area contributed by atoms with Gasteiger partial charge in [0.05, 0.1) is 0 Å². The first-order valence-electron chi connectivity index (χ1n) is 4.14. The number of rotatable bonds is 1. The number of hydrogen-bond acceptors (Lipinski definition) is 2. The number of hydrogen-bond donors (Lipinski definition) is 0. The van der Waals surface area contributed by atoms with Gasteiger partial charge in [0.25, 0.3) is 0 Å². The number of aromatic nitrogens is 1. The summed E-state index contributed by atoms with van der Waals surface area (Å²) in [6, 6.07) is 4.58. The minimum atomic E-state index is -4.40. The Morgan fingerprint density at radius 3 is 2.60 bits per heavy atom. The van der Waals surface area contributed by atoms with Crippen LogP contribution in [-0.4, -0.2) is 4.98 Å². The molecule has 0 radical (unpaired) electrons. The Morgan fingerprint density at radius 2 is 2.00 bits per heavy atom. The lowest BCUT2D eigenvalue weighted by Crippen LogP contribution is -2.09. The van der Waals surface area contributed by atoms with Gasteiger partial charge in [0.15, 0.2) is 5.69 Å². The fourth-order valence-electron chi connectivity index (χ4n) is 1.28. The first-order valence-corrected chi connectivity index (χ1v) is 5.08. The van der Waals surface area contributed by atoms with Crippen LogP contribution in [0.15, 0.2) is 35.2 Å². The number of nitrogens with zero attached hydrogens (tertiary/aromatic N) is 1. The normalized spacial score (nSPS) is 11.7. The summed E-state index contributed by atoms with van der Waals surface area (Å²) in [5, 5.41) is 3.41. The zero-order valence-corrected chi connectivity index (χ0v) is 8.27. The first kappa shape index (κ1) is 10.2. The molecule has 5 heteroatoms. The van der Waals surface area contributed by atoms with Crippen molar-refractivity contribution in [2.24, 2.45) is 0 Å². The fourth-order valence-corrected chi connectivity index (χ4v) is 1.94. The lowest BCUT2D eigenvalue weighted by molar-refractivity contribution is -0.140. The number of halogens is 3. The molecule has 2 heterocycles. The van der Waals surface area contributed by atoms with Crippen LogP contribution < -0.4 is 0 Å². The van der Waals surface area contributed by atoms with Crippen LogP contribution in [0.3, 0.4) is 0 Å². The maximum atomic E-state index is 12.6. The van der Waals surface area contributed by atoms with E-state index < -0.39 is 11.9 Å². The van der Waals surface area contributed by atoms with Crippen molar-refractivity contribution in [1.29, 1.82) is 0 Å². The smallest absolute Gasteiger partial charge is 0.251 e. The second kappa shape index (κ2) is 3.66. The molecule has 0 aliphatic heterocycles. The van der Waals surface area contributed by atoms with Crippen molar-refractivity contribution in [3.05, 3.63) is 40.8 Å². The molecule has 0 amide bonds. The minimum absolute atomic E-state index is 0.131. The fraction of sp³-hybridized carbons (Fsp3) is 0.100. The highest BCUT2D eigenvalue weighted by Crippen LogP contribution is 2.35. The Kier molecular flexibility index (Phi) is 2.48. The van der Waals surface area contributed by atoms with Crippen molar-refractivity contribution in [1.82, 2.24) is 4.98 Å². The maximum absolute atomic E-state index is 12.6. The zero-order chi connectivity index (χ0) is 10.9. The van der Waals surface area contributed by atoms with Gasteiger partial charge in [0.1, 0.15) is 0 Å². The molecule has 0 fully saturated rings. The van der Waals surface area contributed by atoms with Gasteiger partial charge in [-0.2, -0.15) is 24.5 Å². The van der Waals surface area contributed by atoms with Crippen LogP contribution in [0.2, 0.25) is 0 Å². The summed E-state index contributed by atoms with van der Waals surface area (Å²) in [7, 11) is 0. The standard InChI is InChI=1S/C10H6F3NS/c11-10(12,13)9-8(2-1-4-14-9)7-3-5-15-6-7/h1-6H. The van der Waals surface area contributed by atoms with Crippen molar-refractivity contribution >= 4 is 11.3 Å². The molecule has 2 rings (SSSR count). The average molecular weight is 229 g/mol. The van der Waals surface area contributed by atoms with Gasteiger partial charge in [-0.3, -0.25) is 4.98 Å². The van der Waals surface area contributed by atoms with Crippen molar-refractivity contribution in [3.8, 4) is 11.1 Å². The van der Waals surface area contributed by atoms with E-state index in [0.29, 0.717) is 5.56 Å². The van der Waals surface area contributed by atoms with Crippen molar-refractivity contribution in [3.63, 3.8) is 0 Å². The lowest BCUT2D eigenvalue weighted by atomic mass is 10.1. The molecule has 0 saturated carbocycles. The highest BCUT2D eigenvalue weighted by atomic mass is 32.1. The third-order valence-electron chi connectivity index (χ3n) is 1.91. The van der Waals surface area contributed by atoms with E-state index in [9.17, 15) is 13.2 Å². The quantitative estimate of drug-likeness (QED) is 0.724. The molecule has 0 atom stereocenters. The van der Waals surface area contributed by atoms with Crippen LogP contribution >= 0.6 is 11.3 Å². The van der Waals surface area contributed by atoms with Crippen LogP contribution in [0.4, 0.5) is 13.2 Å². The van der Waals surface area contributed by atoms with E-state index >= 15 is 0 Å². The minimum Gasteiger partial charge on any atom is -0.251 e. The van der Waals surface area contributed by atoms with Gasteiger partial charge in [-0.25, -0.2) is 0 Å². The van der Waals surface area contributed by atoms with E-state index in [-0.39, 0.29) is 5.56 Å². The first-order chi connectivity index (χ1) is 7.09. The van der Waals surface area contributed by atoms with Gasteiger partial charge < -0.3 is 0 Å². The summed E-state index contributed by atoms with van der Waals surface area (Å²) in [6.45, 7) is 0. The monoisotopic (exact) mass is 229 g/mol. The van der Waals surface area contributed by atoms with E-state index in [2.05, 4.69) is 4.98 Å². The maximum Gasteiger partial charge on any atom is 0.433 e. The van der Waals surface area contributed by atoms with E-state index in [1.165, 1.54) is 23.5 Å². The van der Waals surface area contributed by atoms with Crippen molar-refractivity contribution < 1.29 is 13.2 Å². The van der Waals surface area contributed by atoms with E-state index in [0.717, 1.165) is 6.20 Å². The van der Waals surface area contributed by atoms with Gasteiger partial charge in [-0.1, -0.05) is 6.07 Å². The second-order valence-corrected chi connectivity index (χ2v) is 3.69. The predicted molar refractivity (Wildman–Crippen MR) is 52.6 cm³/mol. The van der Waals surface area contributed by atoms with Gasteiger partial charge in [-0.15, -0.1) is 0 Å². The van der Waals surface area contributed by atoms with Crippen LogP contribution in [0.1, 0.15) is 5.69 Å². The van der Waals surface area contributed by atoms with Crippen LogP contribution in [0, 0.1) is 0 Å². The molecule has 2 aromatic rings. The van der Waals surface area contributed by atoms with Crippen LogP contribution in [0.25, 0.3) is 11.1 Å². The molecule has 0 bridgehead atoms. The molecule has 15 heavy (non-hydrogen) atoms. The van der Waals surface area contributed by atoms with Crippen molar-refractivity contribution in [2.75, 3.05) is 0 Å². The van der Waals surface area contributed by atoms with Gasteiger partial charge in [0, 0.05) is 11.8 Å². The van der Waals surface area contributed by atoms with Gasteiger partial charge in [-0.05, 0) is 28.5 Å². The highest BCUT2D eigenvalue weighted by molar-refractivity contribution is 7.08. The topological polar surface area (TPSA) is 12.9 Å². The Bertz CT molecular complexity index is 448. The molecule has 0 aromatic carbocycles. The van der Waals surface area contributed by atoms with Crippen molar-refractivity contribution in [2.45, 2.75) is 6.18 Å². The Labute approximate surface area is 88.2 Å². The molecular formula is C10H6F3NS. The summed E-state index contributed by atoms with van der Waals surface area (Å²) in [5.74, 6) is 0. The molecule has 0 aliphatic carbocycles. The summed E-state index contributed by atoms with van der Waals surface area (Å²) in [4.78, 5) is 3.39. The molecule has 2 aromatic heterocycles. The Hall–Kier alpha value is -1.36. The molecule has 0 saturated heterocycles. The summed E-state index contributed by atoms with van der Waals surface area (Å²) >= 11 is 1.36. The van der Waals surface area contributed by atoms with Gasteiger partial charge >= 0.3 is 6.18 Å². The van der Waals surface area contributed by atoms with Crippen LogP contribution in [0.5, 0.6) is 0 Å². The number of thiophene rings is 1. The molecule has 0 spiro atoms. The number of pyridine rings is 1. The Morgan fingerprint density at radius 1 is 1.20 bits per heavy atom. The molecule has 0 N–H and O–H groups in total. The zero-order valence-electron chi connectivity index (χ0n) is 7.45. The average Bonchev–Trinajstić information content (AvgIpc) is 2.69. The third-order valence-corrected chi connectivity index (χ3v) is 2.59. The predicted octanol–water partition coefficient (Wildman–Crippen LogP) is 3.83. The molecular weight excluding hydrogens is 223 g/mol. The van der Waals surface area contributed by atoms with E-state index in [1.807, 2.05) is 0 Å². The third kappa shape index (κ3) is 2.02. The molecule has 0 aliphatic rings. The summed E-state index contributed by atoms with van der Waals surface area (Å²) in [6.07, 6.45) is -3.25. The van der Waals surface area contributed by atoms with E-state index in [4.69, 9.17) is 0 Å². The molecule has 1 nitrogen and oxygen atoms in total. The summed E-state index contributed by atoms with van der Waals surface area (Å²) < 4.78 is 37.7. The second-order valence-electron chi connectivity index (χ2n) is 2.91. The largest absolute Gasteiger partial charge is 0.433 e. The molecule has 0 unspecified atom stereocenters. The number of alkyl halides is 3. The molecule has 78 valence electrons. The van der Waals surface area contributed by atoms with E-state index in [1.54, 1.807) is 16.8 Å². The summed E-state index contributed by atoms with van der Waals surface area (Å²) in [5.41, 5.74) is -0.143. The van der Waals surface area contributed by atoms with Gasteiger partial charge in [0.2, 0.25) is 0 Å².